The number of aromatic nitrogens is 3. The molecule has 0 aliphatic rings. The molecule has 2 heterocycles. The summed E-state index contributed by atoms with van der Waals surface area (Å²) in [4.78, 5) is 0.824. The highest BCUT2D eigenvalue weighted by atomic mass is 32.1. The van der Waals surface area contributed by atoms with Crippen molar-refractivity contribution in [2.24, 2.45) is 0 Å². The fraction of sp³-hybridized carbons (Fsp3) is 0.333. The summed E-state index contributed by atoms with van der Waals surface area (Å²) in [6.45, 7) is 8.77. The fourth-order valence-electron chi connectivity index (χ4n) is 3.62. The van der Waals surface area contributed by atoms with Crippen LogP contribution in [-0.2, 0) is 12.1 Å². The predicted molar refractivity (Wildman–Crippen MR) is 125 cm³/mol. The lowest BCUT2D eigenvalue weighted by atomic mass is 9.96. The van der Waals surface area contributed by atoms with Crippen LogP contribution in [0.3, 0.4) is 0 Å². The number of aliphatic hydroxyl groups is 2. The number of thiophene rings is 1. The molecule has 0 saturated carbocycles. The number of nitrogens with zero attached hydrogens (tertiary/aromatic N) is 3. The number of aliphatic hydroxyl groups excluding tert-OH is 1. The second-order valence-electron chi connectivity index (χ2n) is 7.70. The van der Waals surface area contributed by atoms with E-state index in [0.29, 0.717) is 0 Å². The number of fused-ring (bicyclic) bond motifs is 1. The quantitative estimate of drug-likeness (QED) is 0.396. The van der Waals surface area contributed by atoms with Gasteiger partial charge in [0.15, 0.2) is 0 Å². The molecule has 176 valence electrons. The number of alkyl halides is 3. The van der Waals surface area contributed by atoms with Crippen molar-refractivity contribution in [3.05, 3.63) is 77.0 Å². The van der Waals surface area contributed by atoms with E-state index < -0.39 is 30.0 Å². The van der Waals surface area contributed by atoms with Gasteiger partial charge in [-0.15, -0.1) is 16.4 Å². The normalized spacial score (nSPS) is 15.8. The van der Waals surface area contributed by atoms with Crippen LogP contribution in [0.5, 0.6) is 0 Å². The van der Waals surface area contributed by atoms with Crippen LogP contribution >= 0.6 is 11.3 Å². The Balaban J connectivity index is 1.99. The Morgan fingerprint density at radius 1 is 1.33 bits per heavy atom. The fourth-order valence-corrected chi connectivity index (χ4v) is 4.85. The van der Waals surface area contributed by atoms with Crippen LogP contribution in [0.4, 0.5) is 13.2 Å². The Kier molecular flexibility index (Phi) is 7.26. The third kappa shape index (κ3) is 4.80. The van der Waals surface area contributed by atoms with E-state index in [0.717, 1.165) is 37.9 Å². The molecular formula is C24H26F3N3O2S. The summed E-state index contributed by atoms with van der Waals surface area (Å²) < 4.78 is 42.2. The zero-order valence-electron chi connectivity index (χ0n) is 18.6. The number of hydrogen-bond donors (Lipinski definition) is 2. The van der Waals surface area contributed by atoms with Crippen molar-refractivity contribution < 1.29 is 23.4 Å². The second-order valence-corrected chi connectivity index (χ2v) is 8.78. The molecule has 0 aliphatic heterocycles. The number of benzene rings is 1. The Bertz CT molecular complexity index is 1210. The molecule has 2 atom stereocenters. The molecular weight excluding hydrogens is 451 g/mol. The van der Waals surface area contributed by atoms with Crippen LogP contribution in [0.1, 0.15) is 55.0 Å². The largest absolute Gasteiger partial charge is 0.423 e. The molecule has 2 N–H and O–H groups in total. The molecule has 0 bridgehead atoms. The topological polar surface area (TPSA) is 71.2 Å². The molecule has 9 heteroatoms. The summed E-state index contributed by atoms with van der Waals surface area (Å²) in [5.41, 5.74) is -0.860. The summed E-state index contributed by atoms with van der Waals surface area (Å²) in [7, 11) is 0. The number of rotatable bonds is 8. The van der Waals surface area contributed by atoms with E-state index in [9.17, 15) is 23.4 Å². The highest BCUT2D eigenvalue weighted by Crippen LogP contribution is 2.41. The maximum absolute atomic E-state index is 13.3. The average Bonchev–Trinajstić information content (AvgIpc) is 3.38. The van der Waals surface area contributed by atoms with Crippen LogP contribution in [0, 0.1) is 0 Å². The molecule has 0 fully saturated rings. The van der Waals surface area contributed by atoms with Crippen LogP contribution in [0.2, 0.25) is 0 Å². The summed E-state index contributed by atoms with van der Waals surface area (Å²) in [5, 5.41) is 28.8. The van der Waals surface area contributed by atoms with E-state index in [-0.39, 0.29) is 6.54 Å². The van der Waals surface area contributed by atoms with E-state index in [4.69, 9.17) is 0 Å². The minimum Gasteiger partial charge on any atom is -0.388 e. The lowest BCUT2D eigenvalue weighted by molar-refractivity contribution is -0.269. The summed E-state index contributed by atoms with van der Waals surface area (Å²) >= 11 is 1.47. The molecule has 0 spiro atoms. The molecule has 0 radical (unpaired) electrons. The standard InChI is InChI=1S/C24H26F3N3O2S/c1-5-8-9-17(6-2)21-18-11-10-16(12-19(18)33-22(21)15(4)31)13-30-14-20(28-29-30)23(32,7-3)24(25,26)27/h5-6,8-12,14-15,31-32H,1,7,13H2,2-4H3/b9-8-,17-6+. The lowest BCUT2D eigenvalue weighted by Gasteiger charge is -2.26. The lowest BCUT2D eigenvalue weighted by Crippen LogP contribution is -2.42. The van der Waals surface area contributed by atoms with E-state index in [1.165, 1.54) is 22.9 Å². The minimum absolute atomic E-state index is 0.185. The molecule has 1 aromatic carbocycles. The van der Waals surface area contributed by atoms with Gasteiger partial charge in [-0.1, -0.05) is 55.2 Å². The third-order valence-corrected chi connectivity index (χ3v) is 6.78. The van der Waals surface area contributed by atoms with Crippen LogP contribution in [0.15, 0.2) is 55.3 Å². The summed E-state index contributed by atoms with van der Waals surface area (Å²) in [6.07, 6.45) is 2.46. The Morgan fingerprint density at radius 2 is 2.06 bits per heavy atom. The van der Waals surface area contributed by atoms with Gasteiger partial charge in [0.05, 0.1) is 18.8 Å². The number of halogens is 3. The highest BCUT2D eigenvalue weighted by molar-refractivity contribution is 7.19. The third-order valence-electron chi connectivity index (χ3n) is 5.46. The van der Waals surface area contributed by atoms with Crippen molar-refractivity contribution in [3.8, 4) is 0 Å². The smallest absolute Gasteiger partial charge is 0.388 e. The Labute approximate surface area is 194 Å². The van der Waals surface area contributed by atoms with Gasteiger partial charge in [0.2, 0.25) is 5.60 Å². The molecule has 33 heavy (non-hydrogen) atoms. The van der Waals surface area contributed by atoms with Crippen molar-refractivity contribution in [2.45, 2.75) is 51.6 Å². The summed E-state index contributed by atoms with van der Waals surface area (Å²) in [6, 6.07) is 5.73. The van der Waals surface area contributed by atoms with Gasteiger partial charge in [-0.05, 0) is 37.5 Å². The van der Waals surface area contributed by atoms with Crippen molar-refractivity contribution >= 4 is 27.0 Å². The first kappa shape index (κ1) is 24.9. The predicted octanol–water partition coefficient (Wildman–Crippen LogP) is 5.90. The van der Waals surface area contributed by atoms with Gasteiger partial charge in [-0.2, -0.15) is 13.2 Å². The molecule has 0 amide bonds. The van der Waals surface area contributed by atoms with Gasteiger partial charge < -0.3 is 10.2 Å². The molecule has 0 aliphatic carbocycles. The van der Waals surface area contributed by atoms with E-state index in [2.05, 4.69) is 16.9 Å². The first-order valence-electron chi connectivity index (χ1n) is 10.4. The number of hydrogen-bond acceptors (Lipinski definition) is 5. The zero-order valence-corrected chi connectivity index (χ0v) is 19.4. The second kappa shape index (κ2) is 9.62. The van der Waals surface area contributed by atoms with Crippen LogP contribution < -0.4 is 0 Å². The molecule has 3 aromatic rings. The van der Waals surface area contributed by atoms with Crippen molar-refractivity contribution in [3.63, 3.8) is 0 Å². The van der Waals surface area contributed by atoms with Gasteiger partial charge in [0, 0.05) is 20.5 Å². The molecule has 5 nitrogen and oxygen atoms in total. The van der Waals surface area contributed by atoms with Crippen LogP contribution in [-0.4, -0.2) is 31.4 Å². The SMILES string of the molecule is C=C/C=C\C(=C/C)c1c(C(C)O)sc2cc(Cn3cc(C(O)(CC)C(F)(F)F)nn3)ccc12. The van der Waals surface area contributed by atoms with Crippen molar-refractivity contribution in [1.29, 1.82) is 0 Å². The van der Waals surface area contributed by atoms with Gasteiger partial charge in [-0.3, -0.25) is 0 Å². The molecule has 3 rings (SSSR count). The summed E-state index contributed by atoms with van der Waals surface area (Å²) in [5.74, 6) is 0. The minimum atomic E-state index is -4.85. The van der Waals surface area contributed by atoms with Crippen LogP contribution in [0.25, 0.3) is 15.7 Å². The average molecular weight is 478 g/mol. The molecule has 0 saturated heterocycles. The Morgan fingerprint density at radius 3 is 2.64 bits per heavy atom. The zero-order chi connectivity index (χ0) is 24.4. The van der Waals surface area contributed by atoms with Gasteiger partial charge in [0.25, 0.3) is 0 Å². The number of allylic oxidation sites excluding steroid dienone is 5. The van der Waals surface area contributed by atoms with E-state index in [1.54, 1.807) is 13.0 Å². The molecule has 2 aromatic heterocycles. The van der Waals surface area contributed by atoms with E-state index >= 15 is 0 Å². The van der Waals surface area contributed by atoms with Gasteiger partial charge >= 0.3 is 6.18 Å². The van der Waals surface area contributed by atoms with Gasteiger partial charge in [0.1, 0.15) is 5.69 Å². The molecule has 2 unspecified atom stereocenters. The maximum Gasteiger partial charge on any atom is 0.423 e. The van der Waals surface area contributed by atoms with Crippen molar-refractivity contribution in [2.75, 3.05) is 0 Å². The first-order valence-corrected chi connectivity index (χ1v) is 11.3. The highest BCUT2D eigenvalue weighted by Gasteiger charge is 2.55. The van der Waals surface area contributed by atoms with Gasteiger partial charge in [-0.25, -0.2) is 4.68 Å². The maximum atomic E-state index is 13.3. The Hall–Kier alpha value is -2.75. The van der Waals surface area contributed by atoms with Crippen molar-refractivity contribution in [1.82, 2.24) is 15.0 Å². The first-order chi connectivity index (χ1) is 15.6. The van der Waals surface area contributed by atoms with E-state index in [1.807, 2.05) is 43.4 Å². The monoisotopic (exact) mass is 477 g/mol.